The van der Waals surface area contributed by atoms with Crippen molar-refractivity contribution in [1.29, 1.82) is 0 Å². The van der Waals surface area contributed by atoms with Gasteiger partial charge < -0.3 is 4.74 Å². The molecule has 76 valence electrons. The molecule has 1 N–H and O–H groups in total. The third-order valence-electron chi connectivity index (χ3n) is 1.55. The monoisotopic (exact) mass is 217 g/mol. The quantitative estimate of drug-likeness (QED) is 0.774. The molecule has 0 atom stereocenters. The molecule has 0 aromatic heterocycles. The van der Waals surface area contributed by atoms with Crippen LogP contribution < -0.4 is 5.32 Å². The van der Waals surface area contributed by atoms with Crippen LogP contribution in [0.3, 0.4) is 0 Å². The first kappa shape index (κ1) is 10.8. The molecule has 0 aliphatic rings. The maximum absolute atomic E-state index is 13.1. The van der Waals surface area contributed by atoms with Gasteiger partial charge in [0.25, 0.3) is 0 Å². The first-order valence-electron chi connectivity index (χ1n) is 3.89. The summed E-state index contributed by atoms with van der Waals surface area (Å²) < 4.78 is 17.5. The van der Waals surface area contributed by atoms with Gasteiger partial charge in [-0.15, -0.1) is 0 Å². The van der Waals surface area contributed by atoms with Crippen molar-refractivity contribution in [3.8, 4) is 0 Å². The van der Waals surface area contributed by atoms with Crippen LogP contribution in [0.1, 0.15) is 5.56 Å². The van der Waals surface area contributed by atoms with Crippen LogP contribution in [0, 0.1) is 12.7 Å². The third kappa shape index (κ3) is 2.88. The Morgan fingerprint density at radius 2 is 2.36 bits per heavy atom. The van der Waals surface area contributed by atoms with Crippen LogP contribution >= 0.6 is 11.6 Å². The first-order chi connectivity index (χ1) is 6.63. The average Bonchev–Trinajstić information content (AvgIpc) is 2.10. The Balaban J connectivity index is 2.72. The van der Waals surface area contributed by atoms with Gasteiger partial charge in [-0.2, -0.15) is 0 Å². The minimum atomic E-state index is -0.775. The lowest BCUT2D eigenvalue weighted by molar-refractivity contribution is 0.180. The molecule has 1 rings (SSSR count). The molecule has 0 heterocycles. The summed E-state index contributed by atoms with van der Waals surface area (Å²) in [5.41, 5.74) is 0.851. The number of hydrogen-bond donors (Lipinski definition) is 1. The van der Waals surface area contributed by atoms with Gasteiger partial charge in [0.05, 0.1) is 5.69 Å². The van der Waals surface area contributed by atoms with E-state index < -0.39 is 11.9 Å². The summed E-state index contributed by atoms with van der Waals surface area (Å²) in [5, 5.41) is 2.22. The SMILES string of the molecule is Cc1ccc(NC(=O)OCCl)c(F)c1. The van der Waals surface area contributed by atoms with Crippen LogP contribution in [0.15, 0.2) is 18.2 Å². The minimum absolute atomic E-state index is 0.0747. The number of halogens is 2. The molecule has 0 aliphatic heterocycles. The molecule has 14 heavy (non-hydrogen) atoms. The van der Waals surface area contributed by atoms with E-state index in [2.05, 4.69) is 10.1 Å². The van der Waals surface area contributed by atoms with Gasteiger partial charge in [-0.25, -0.2) is 9.18 Å². The zero-order valence-electron chi connectivity index (χ0n) is 7.51. The lowest BCUT2D eigenvalue weighted by atomic mass is 10.2. The fourth-order valence-electron chi connectivity index (χ4n) is 0.917. The highest BCUT2D eigenvalue weighted by Crippen LogP contribution is 2.15. The number of nitrogens with one attached hydrogen (secondary N) is 1. The maximum Gasteiger partial charge on any atom is 0.412 e. The van der Waals surface area contributed by atoms with Gasteiger partial charge in [0.1, 0.15) is 5.82 Å². The molecule has 0 saturated carbocycles. The van der Waals surface area contributed by atoms with Gasteiger partial charge in [-0.3, -0.25) is 5.32 Å². The number of carbonyl (C=O) groups is 1. The number of amides is 1. The van der Waals surface area contributed by atoms with Crippen molar-refractivity contribution in [2.45, 2.75) is 6.92 Å². The standard InChI is InChI=1S/C9H9ClFNO2/c1-6-2-3-8(7(11)4-6)12-9(13)14-5-10/h2-4H,5H2,1H3,(H,12,13). The fraction of sp³-hybridized carbons (Fsp3) is 0.222. The predicted octanol–water partition coefficient (Wildman–Crippen LogP) is 2.88. The molecule has 1 amide bonds. The van der Waals surface area contributed by atoms with Gasteiger partial charge >= 0.3 is 6.09 Å². The summed E-state index contributed by atoms with van der Waals surface area (Å²) in [6.45, 7) is 1.75. The van der Waals surface area contributed by atoms with Crippen molar-refractivity contribution in [3.63, 3.8) is 0 Å². The molecule has 0 unspecified atom stereocenters. The van der Waals surface area contributed by atoms with Crippen molar-refractivity contribution in [1.82, 2.24) is 0 Å². The number of alkyl halides is 1. The van der Waals surface area contributed by atoms with E-state index in [1.54, 1.807) is 13.0 Å². The van der Waals surface area contributed by atoms with Crippen molar-refractivity contribution >= 4 is 23.4 Å². The van der Waals surface area contributed by atoms with Gasteiger partial charge in [0, 0.05) is 0 Å². The summed E-state index contributed by atoms with van der Waals surface area (Å²) >= 11 is 5.15. The summed E-state index contributed by atoms with van der Waals surface area (Å²) in [6.07, 6.45) is -0.775. The second-order valence-corrected chi connectivity index (χ2v) is 2.87. The summed E-state index contributed by atoms with van der Waals surface area (Å²) in [7, 11) is 0. The highest BCUT2D eigenvalue weighted by Gasteiger charge is 2.06. The normalized spacial score (nSPS) is 9.64. The van der Waals surface area contributed by atoms with Crippen LogP contribution in [-0.4, -0.2) is 12.2 Å². The van der Waals surface area contributed by atoms with Crippen molar-refractivity contribution in [2.24, 2.45) is 0 Å². The predicted molar refractivity (Wildman–Crippen MR) is 52.0 cm³/mol. The Morgan fingerprint density at radius 1 is 1.64 bits per heavy atom. The first-order valence-corrected chi connectivity index (χ1v) is 4.43. The Hall–Kier alpha value is -1.29. The van der Waals surface area contributed by atoms with E-state index in [-0.39, 0.29) is 11.8 Å². The van der Waals surface area contributed by atoms with E-state index >= 15 is 0 Å². The number of anilines is 1. The van der Waals surface area contributed by atoms with Gasteiger partial charge in [-0.1, -0.05) is 17.7 Å². The number of hydrogen-bond acceptors (Lipinski definition) is 2. The van der Waals surface area contributed by atoms with Crippen LogP contribution in [0.25, 0.3) is 0 Å². The molecule has 0 spiro atoms. The molecule has 3 nitrogen and oxygen atoms in total. The van der Waals surface area contributed by atoms with E-state index in [0.29, 0.717) is 0 Å². The second kappa shape index (κ2) is 4.81. The zero-order valence-corrected chi connectivity index (χ0v) is 8.27. The van der Waals surface area contributed by atoms with Gasteiger partial charge in [-0.05, 0) is 24.6 Å². The highest BCUT2D eigenvalue weighted by atomic mass is 35.5. The molecule has 1 aromatic rings. The van der Waals surface area contributed by atoms with Crippen molar-refractivity contribution < 1.29 is 13.9 Å². The Morgan fingerprint density at radius 3 is 2.93 bits per heavy atom. The van der Waals surface area contributed by atoms with E-state index in [4.69, 9.17) is 11.6 Å². The smallest absolute Gasteiger partial charge is 0.412 e. The number of aryl methyl sites for hydroxylation is 1. The Labute approximate surface area is 85.8 Å². The van der Waals surface area contributed by atoms with Crippen LogP contribution in [-0.2, 0) is 4.74 Å². The molecule has 0 bridgehead atoms. The molecule has 0 saturated heterocycles. The Bertz CT molecular complexity index is 344. The number of carbonyl (C=O) groups excluding carboxylic acids is 1. The number of ether oxygens (including phenoxy) is 1. The van der Waals surface area contributed by atoms with Crippen molar-refractivity contribution in [3.05, 3.63) is 29.6 Å². The molecule has 0 fully saturated rings. The van der Waals surface area contributed by atoms with E-state index in [0.717, 1.165) is 5.56 Å². The molecule has 0 aliphatic carbocycles. The highest BCUT2D eigenvalue weighted by molar-refractivity contribution is 6.17. The lowest BCUT2D eigenvalue weighted by Crippen LogP contribution is -2.13. The van der Waals surface area contributed by atoms with Gasteiger partial charge in [0.2, 0.25) is 0 Å². The summed E-state index contributed by atoms with van der Waals surface area (Å²) in [6, 6.07) is 4.19. The molecular formula is C9H9ClFNO2. The molecule has 0 radical (unpaired) electrons. The maximum atomic E-state index is 13.1. The largest absolute Gasteiger partial charge is 0.433 e. The summed E-state index contributed by atoms with van der Waals surface area (Å²) in [4.78, 5) is 10.9. The topological polar surface area (TPSA) is 38.3 Å². The second-order valence-electron chi connectivity index (χ2n) is 2.65. The third-order valence-corrected chi connectivity index (χ3v) is 1.66. The van der Waals surface area contributed by atoms with E-state index in [1.807, 2.05) is 0 Å². The van der Waals surface area contributed by atoms with Crippen LogP contribution in [0.2, 0.25) is 0 Å². The fourth-order valence-corrected chi connectivity index (χ4v) is 1.02. The van der Waals surface area contributed by atoms with Gasteiger partial charge in [0.15, 0.2) is 6.07 Å². The minimum Gasteiger partial charge on any atom is -0.433 e. The molecular weight excluding hydrogens is 209 g/mol. The zero-order chi connectivity index (χ0) is 10.6. The van der Waals surface area contributed by atoms with Crippen molar-refractivity contribution in [2.75, 3.05) is 11.4 Å². The molecule has 1 aromatic carbocycles. The Kier molecular flexibility index (Phi) is 3.71. The van der Waals surface area contributed by atoms with Crippen LogP contribution in [0.4, 0.5) is 14.9 Å². The number of rotatable bonds is 2. The van der Waals surface area contributed by atoms with E-state index in [1.165, 1.54) is 12.1 Å². The average molecular weight is 218 g/mol. The summed E-state index contributed by atoms with van der Waals surface area (Å²) in [5.74, 6) is -0.503. The van der Waals surface area contributed by atoms with Crippen LogP contribution in [0.5, 0.6) is 0 Å². The number of benzene rings is 1. The molecule has 5 heteroatoms. The lowest BCUT2D eigenvalue weighted by Gasteiger charge is -2.05. The van der Waals surface area contributed by atoms with E-state index in [9.17, 15) is 9.18 Å².